The van der Waals surface area contributed by atoms with Gasteiger partial charge in [-0.25, -0.2) is 0 Å². The van der Waals surface area contributed by atoms with E-state index < -0.39 is 0 Å². The number of amides is 1. The molecule has 3 nitrogen and oxygen atoms in total. The Morgan fingerprint density at radius 3 is 2.28 bits per heavy atom. The van der Waals surface area contributed by atoms with Crippen molar-refractivity contribution in [3.8, 4) is 0 Å². The Balaban J connectivity index is 1.84. The minimum Gasteiger partial charge on any atom is -0.376 e. The second-order valence-electron chi connectivity index (χ2n) is 3.77. The first-order valence-electron chi connectivity index (χ1n) is 5.58. The molecule has 0 saturated heterocycles. The van der Waals surface area contributed by atoms with Crippen LogP contribution in [0.5, 0.6) is 0 Å². The Hall–Kier alpha value is -1.56. The van der Waals surface area contributed by atoms with Gasteiger partial charge in [0.2, 0.25) is 5.91 Å². The second-order valence-corrected chi connectivity index (χ2v) is 5.02. The summed E-state index contributed by atoms with van der Waals surface area (Å²) in [6.07, 6.45) is 0. The zero-order chi connectivity index (χ0) is 12.8. The van der Waals surface area contributed by atoms with Gasteiger partial charge in [-0.1, -0.05) is 18.2 Å². The number of anilines is 2. The first-order valence-corrected chi connectivity index (χ1v) is 6.66. The lowest BCUT2D eigenvalue weighted by molar-refractivity contribution is -0.114. The van der Waals surface area contributed by atoms with Gasteiger partial charge >= 0.3 is 0 Å². The van der Waals surface area contributed by atoms with E-state index in [1.165, 1.54) is 0 Å². The highest BCUT2D eigenvalue weighted by Gasteiger charge is 2.01. The number of benzene rings is 2. The SMILES string of the molecule is O=C(CNc1ccccc1)Nc1ccc(I)cc1. The fraction of sp³-hybridized carbons (Fsp3) is 0.0714. The molecule has 2 N–H and O–H groups in total. The monoisotopic (exact) mass is 352 g/mol. The van der Waals surface area contributed by atoms with Crippen LogP contribution in [0.4, 0.5) is 11.4 Å². The molecule has 0 fully saturated rings. The summed E-state index contributed by atoms with van der Waals surface area (Å²) in [7, 11) is 0. The van der Waals surface area contributed by atoms with Crippen LogP contribution in [0, 0.1) is 3.57 Å². The van der Waals surface area contributed by atoms with Gasteiger partial charge in [0, 0.05) is 14.9 Å². The molecule has 0 radical (unpaired) electrons. The van der Waals surface area contributed by atoms with Crippen molar-refractivity contribution >= 4 is 39.9 Å². The minimum absolute atomic E-state index is 0.0555. The first-order chi connectivity index (χ1) is 8.74. The van der Waals surface area contributed by atoms with E-state index in [0.29, 0.717) is 0 Å². The van der Waals surface area contributed by atoms with Gasteiger partial charge in [-0.05, 0) is 59.0 Å². The summed E-state index contributed by atoms with van der Waals surface area (Å²) < 4.78 is 1.15. The Morgan fingerprint density at radius 1 is 0.944 bits per heavy atom. The molecule has 18 heavy (non-hydrogen) atoms. The van der Waals surface area contributed by atoms with Crippen LogP contribution in [0.3, 0.4) is 0 Å². The van der Waals surface area contributed by atoms with Crippen molar-refractivity contribution in [2.75, 3.05) is 17.2 Å². The number of rotatable bonds is 4. The molecule has 2 aromatic carbocycles. The van der Waals surface area contributed by atoms with Crippen LogP contribution in [-0.2, 0) is 4.79 Å². The summed E-state index contributed by atoms with van der Waals surface area (Å²) in [6.45, 7) is 0.260. The Bertz CT molecular complexity index is 511. The lowest BCUT2D eigenvalue weighted by Gasteiger charge is -2.07. The van der Waals surface area contributed by atoms with Crippen molar-refractivity contribution in [3.63, 3.8) is 0 Å². The highest BCUT2D eigenvalue weighted by Crippen LogP contribution is 2.11. The van der Waals surface area contributed by atoms with E-state index in [9.17, 15) is 4.79 Å². The van der Waals surface area contributed by atoms with E-state index in [4.69, 9.17) is 0 Å². The van der Waals surface area contributed by atoms with Crippen LogP contribution in [0.15, 0.2) is 54.6 Å². The third-order valence-corrected chi connectivity index (χ3v) is 3.07. The van der Waals surface area contributed by atoms with Crippen LogP contribution in [0.2, 0.25) is 0 Å². The summed E-state index contributed by atoms with van der Waals surface area (Å²) in [5.41, 5.74) is 1.76. The summed E-state index contributed by atoms with van der Waals surface area (Å²) in [6, 6.07) is 17.4. The normalized spacial score (nSPS) is 9.83. The molecular weight excluding hydrogens is 339 g/mol. The fourth-order valence-corrected chi connectivity index (χ4v) is 1.84. The van der Waals surface area contributed by atoms with Gasteiger partial charge < -0.3 is 10.6 Å². The fourth-order valence-electron chi connectivity index (χ4n) is 1.48. The van der Waals surface area contributed by atoms with Crippen LogP contribution in [0.1, 0.15) is 0 Å². The molecule has 0 aliphatic carbocycles. The smallest absolute Gasteiger partial charge is 0.243 e. The molecule has 0 bridgehead atoms. The van der Waals surface area contributed by atoms with Gasteiger partial charge in [0.25, 0.3) is 0 Å². The summed E-state index contributed by atoms with van der Waals surface area (Å²) >= 11 is 2.23. The van der Waals surface area contributed by atoms with E-state index >= 15 is 0 Å². The maximum Gasteiger partial charge on any atom is 0.243 e. The zero-order valence-corrected chi connectivity index (χ0v) is 11.8. The number of hydrogen-bond donors (Lipinski definition) is 2. The molecule has 0 aliphatic heterocycles. The van der Waals surface area contributed by atoms with Crippen LogP contribution >= 0.6 is 22.6 Å². The van der Waals surface area contributed by atoms with Crippen molar-refractivity contribution < 1.29 is 4.79 Å². The Morgan fingerprint density at radius 2 is 1.61 bits per heavy atom. The van der Waals surface area contributed by atoms with Gasteiger partial charge in [0.05, 0.1) is 6.54 Å². The Kier molecular flexibility index (Phi) is 4.58. The molecule has 1 amide bonds. The molecule has 0 atom stereocenters. The molecule has 2 aromatic rings. The van der Waals surface area contributed by atoms with E-state index in [1.807, 2.05) is 54.6 Å². The molecule has 0 spiro atoms. The van der Waals surface area contributed by atoms with E-state index in [1.54, 1.807) is 0 Å². The second kappa shape index (κ2) is 6.39. The van der Waals surface area contributed by atoms with Gasteiger partial charge in [-0.2, -0.15) is 0 Å². The Labute approximate surface area is 120 Å². The van der Waals surface area contributed by atoms with Crippen molar-refractivity contribution in [2.24, 2.45) is 0 Å². The molecule has 0 saturated carbocycles. The summed E-state index contributed by atoms with van der Waals surface area (Å²) in [4.78, 5) is 11.7. The number of nitrogens with one attached hydrogen (secondary N) is 2. The highest BCUT2D eigenvalue weighted by atomic mass is 127. The third kappa shape index (κ3) is 4.03. The number of para-hydroxylation sites is 1. The average Bonchev–Trinajstić information content (AvgIpc) is 2.40. The molecule has 0 aliphatic rings. The van der Waals surface area contributed by atoms with Gasteiger partial charge in [-0.3, -0.25) is 4.79 Å². The van der Waals surface area contributed by atoms with Crippen molar-refractivity contribution in [2.45, 2.75) is 0 Å². The molecule has 4 heteroatoms. The zero-order valence-electron chi connectivity index (χ0n) is 9.69. The maximum atomic E-state index is 11.7. The van der Waals surface area contributed by atoms with Crippen LogP contribution in [0.25, 0.3) is 0 Å². The number of carbonyl (C=O) groups is 1. The van der Waals surface area contributed by atoms with E-state index in [0.717, 1.165) is 14.9 Å². The molecular formula is C14H13IN2O. The van der Waals surface area contributed by atoms with Gasteiger partial charge in [0.15, 0.2) is 0 Å². The van der Waals surface area contributed by atoms with Gasteiger partial charge in [-0.15, -0.1) is 0 Å². The average molecular weight is 352 g/mol. The van der Waals surface area contributed by atoms with Crippen molar-refractivity contribution in [1.29, 1.82) is 0 Å². The third-order valence-electron chi connectivity index (χ3n) is 2.35. The number of hydrogen-bond acceptors (Lipinski definition) is 2. The predicted octanol–water partition coefficient (Wildman–Crippen LogP) is 3.34. The highest BCUT2D eigenvalue weighted by molar-refractivity contribution is 14.1. The molecule has 0 unspecified atom stereocenters. The van der Waals surface area contributed by atoms with Crippen molar-refractivity contribution in [1.82, 2.24) is 0 Å². The van der Waals surface area contributed by atoms with Crippen molar-refractivity contribution in [3.05, 3.63) is 58.2 Å². The predicted molar refractivity (Wildman–Crippen MR) is 82.7 cm³/mol. The van der Waals surface area contributed by atoms with Crippen LogP contribution in [-0.4, -0.2) is 12.5 Å². The summed E-state index contributed by atoms with van der Waals surface area (Å²) in [5.74, 6) is -0.0555. The lowest BCUT2D eigenvalue weighted by atomic mass is 10.3. The lowest BCUT2D eigenvalue weighted by Crippen LogP contribution is -2.21. The first kappa shape index (κ1) is 12.9. The minimum atomic E-state index is -0.0555. The van der Waals surface area contributed by atoms with E-state index in [-0.39, 0.29) is 12.5 Å². The maximum absolute atomic E-state index is 11.7. The number of halogens is 1. The molecule has 0 aromatic heterocycles. The molecule has 2 rings (SSSR count). The van der Waals surface area contributed by atoms with Gasteiger partial charge in [0.1, 0.15) is 0 Å². The number of carbonyl (C=O) groups excluding carboxylic acids is 1. The largest absolute Gasteiger partial charge is 0.376 e. The van der Waals surface area contributed by atoms with E-state index in [2.05, 4.69) is 33.2 Å². The summed E-state index contributed by atoms with van der Waals surface area (Å²) in [5, 5.41) is 5.90. The quantitative estimate of drug-likeness (QED) is 0.829. The van der Waals surface area contributed by atoms with Crippen LogP contribution < -0.4 is 10.6 Å². The standard InChI is InChI=1S/C14H13IN2O/c15-11-6-8-13(9-7-11)17-14(18)10-16-12-4-2-1-3-5-12/h1-9,16H,10H2,(H,17,18). The molecule has 92 valence electrons. The topological polar surface area (TPSA) is 41.1 Å². The molecule has 0 heterocycles.